The second-order valence-electron chi connectivity index (χ2n) is 4.11. The maximum absolute atomic E-state index is 12.0. The first kappa shape index (κ1) is 12.1. The van der Waals surface area contributed by atoms with Crippen LogP contribution in [0.25, 0.3) is 11.3 Å². The molecule has 0 aliphatic carbocycles. The second-order valence-corrected chi connectivity index (χ2v) is 4.67. The summed E-state index contributed by atoms with van der Waals surface area (Å²) >= 11 is 3.32. The van der Waals surface area contributed by atoms with Gasteiger partial charge in [-0.2, -0.15) is 0 Å². The van der Waals surface area contributed by atoms with Crippen molar-refractivity contribution in [1.29, 1.82) is 0 Å². The first-order valence-corrected chi connectivity index (χ1v) is 6.57. The van der Waals surface area contributed by atoms with Crippen LogP contribution in [-0.2, 0) is 12.4 Å². The van der Waals surface area contributed by atoms with Gasteiger partial charge in [-0.15, -0.1) is 0 Å². The molecule has 88 valence electrons. The third-order valence-corrected chi connectivity index (χ3v) is 3.48. The summed E-state index contributed by atoms with van der Waals surface area (Å²) in [6.07, 6.45) is 0. The van der Waals surface area contributed by atoms with E-state index in [-0.39, 0.29) is 5.56 Å². The maximum Gasteiger partial charge on any atom is 0.254 e. The van der Waals surface area contributed by atoms with E-state index in [1.165, 1.54) is 5.56 Å². The number of pyridine rings is 1. The highest BCUT2D eigenvalue weighted by atomic mass is 79.9. The SMILES string of the molecule is Cc1ccc(-c2ccc(CBr)c(=O)n2C)cc1. The van der Waals surface area contributed by atoms with Crippen LogP contribution in [0.2, 0.25) is 0 Å². The summed E-state index contributed by atoms with van der Waals surface area (Å²) in [6, 6.07) is 12.1. The van der Waals surface area contributed by atoms with Crippen LogP contribution in [0.1, 0.15) is 11.1 Å². The molecule has 17 heavy (non-hydrogen) atoms. The lowest BCUT2D eigenvalue weighted by molar-refractivity contribution is 0.857. The fourth-order valence-electron chi connectivity index (χ4n) is 1.80. The van der Waals surface area contributed by atoms with E-state index in [2.05, 4.69) is 35.0 Å². The zero-order chi connectivity index (χ0) is 12.4. The first-order chi connectivity index (χ1) is 8.13. The summed E-state index contributed by atoms with van der Waals surface area (Å²) in [5, 5.41) is 0.591. The van der Waals surface area contributed by atoms with Gasteiger partial charge in [-0.1, -0.05) is 51.8 Å². The highest BCUT2D eigenvalue weighted by Crippen LogP contribution is 2.18. The fraction of sp³-hybridized carbons (Fsp3) is 0.214. The minimum atomic E-state index is 0.0555. The van der Waals surface area contributed by atoms with E-state index < -0.39 is 0 Å². The Kier molecular flexibility index (Phi) is 3.48. The number of halogens is 1. The van der Waals surface area contributed by atoms with Crippen molar-refractivity contribution in [2.75, 3.05) is 0 Å². The zero-order valence-electron chi connectivity index (χ0n) is 9.90. The van der Waals surface area contributed by atoms with E-state index in [1.807, 2.05) is 31.3 Å². The number of nitrogens with zero attached hydrogens (tertiary/aromatic N) is 1. The first-order valence-electron chi connectivity index (χ1n) is 5.45. The Morgan fingerprint density at radius 3 is 2.35 bits per heavy atom. The van der Waals surface area contributed by atoms with Gasteiger partial charge in [0.2, 0.25) is 0 Å². The molecular weight excluding hydrogens is 278 g/mol. The van der Waals surface area contributed by atoms with Crippen molar-refractivity contribution in [1.82, 2.24) is 4.57 Å². The number of aromatic nitrogens is 1. The predicted octanol–water partition coefficient (Wildman–Crippen LogP) is 3.26. The lowest BCUT2D eigenvalue weighted by atomic mass is 10.1. The standard InChI is InChI=1S/C14H14BrNO/c1-10-3-5-11(6-4-10)13-8-7-12(9-15)14(17)16(13)2/h3-8H,9H2,1-2H3. The van der Waals surface area contributed by atoms with Crippen LogP contribution in [-0.4, -0.2) is 4.57 Å². The molecule has 2 aromatic rings. The summed E-state index contributed by atoms with van der Waals surface area (Å²) in [6.45, 7) is 2.05. The Hall–Kier alpha value is -1.35. The lowest BCUT2D eigenvalue weighted by Crippen LogP contribution is -2.21. The van der Waals surface area contributed by atoms with Gasteiger partial charge < -0.3 is 4.57 Å². The van der Waals surface area contributed by atoms with Crippen molar-refractivity contribution in [3.63, 3.8) is 0 Å². The molecule has 1 heterocycles. The molecule has 0 spiro atoms. The van der Waals surface area contributed by atoms with Gasteiger partial charge in [0.15, 0.2) is 0 Å². The monoisotopic (exact) mass is 291 g/mol. The number of aryl methyl sites for hydroxylation is 1. The molecule has 0 aliphatic rings. The molecule has 1 aromatic heterocycles. The molecule has 0 aliphatic heterocycles. The van der Waals surface area contributed by atoms with E-state index in [0.29, 0.717) is 5.33 Å². The van der Waals surface area contributed by atoms with Gasteiger partial charge in [-0.05, 0) is 18.6 Å². The van der Waals surface area contributed by atoms with Gasteiger partial charge in [0, 0.05) is 17.9 Å². The molecule has 3 heteroatoms. The average molecular weight is 292 g/mol. The van der Waals surface area contributed by atoms with E-state index in [9.17, 15) is 4.79 Å². The third-order valence-electron chi connectivity index (χ3n) is 2.87. The Bertz CT molecular complexity index is 584. The fourth-order valence-corrected chi connectivity index (χ4v) is 2.23. The average Bonchev–Trinajstić information content (AvgIpc) is 2.34. The maximum atomic E-state index is 12.0. The van der Waals surface area contributed by atoms with Crippen LogP contribution in [0.15, 0.2) is 41.2 Å². The van der Waals surface area contributed by atoms with E-state index in [1.54, 1.807) is 4.57 Å². The zero-order valence-corrected chi connectivity index (χ0v) is 11.5. The molecule has 0 saturated carbocycles. The van der Waals surface area contributed by atoms with Crippen LogP contribution in [0.5, 0.6) is 0 Å². The highest BCUT2D eigenvalue weighted by molar-refractivity contribution is 9.08. The molecule has 2 nitrogen and oxygen atoms in total. The summed E-state index contributed by atoms with van der Waals surface area (Å²) in [5.74, 6) is 0. The van der Waals surface area contributed by atoms with E-state index in [0.717, 1.165) is 16.8 Å². The molecule has 0 fully saturated rings. The third kappa shape index (κ3) is 2.34. The van der Waals surface area contributed by atoms with Crippen LogP contribution in [0, 0.1) is 6.92 Å². The summed E-state index contributed by atoms with van der Waals surface area (Å²) in [7, 11) is 1.81. The largest absolute Gasteiger partial charge is 0.311 e. The number of hydrogen-bond acceptors (Lipinski definition) is 1. The van der Waals surface area contributed by atoms with Gasteiger partial charge in [-0.25, -0.2) is 0 Å². The van der Waals surface area contributed by atoms with Gasteiger partial charge >= 0.3 is 0 Å². The number of hydrogen-bond donors (Lipinski definition) is 0. The van der Waals surface area contributed by atoms with Crippen molar-refractivity contribution in [3.05, 3.63) is 57.9 Å². The van der Waals surface area contributed by atoms with Crippen LogP contribution < -0.4 is 5.56 Å². The molecule has 0 radical (unpaired) electrons. The molecule has 0 amide bonds. The Balaban J connectivity index is 2.57. The lowest BCUT2D eigenvalue weighted by Gasteiger charge is -2.09. The van der Waals surface area contributed by atoms with Gasteiger partial charge in [-0.3, -0.25) is 4.79 Å². The van der Waals surface area contributed by atoms with Crippen LogP contribution in [0.4, 0.5) is 0 Å². The quantitative estimate of drug-likeness (QED) is 0.779. The van der Waals surface area contributed by atoms with Crippen LogP contribution in [0.3, 0.4) is 0 Å². The predicted molar refractivity (Wildman–Crippen MR) is 74.5 cm³/mol. The highest BCUT2D eigenvalue weighted by Gasteiger charge is 2.06. The second kappa shape index (κ2) is 4.88. The van der Waals surface area contributed by atoms with Crippen molar-refractivity contribution in [3.8, 4) is 11.3 Å². The van der Waals surface area contributed by atoms with Crippen LogP contribution >= 0.6 is 15.9 Å². The molecule has 0 saturated heterocycles. The number of benzene rings is 1. The van der Waals surface area contributed by atoms with Crippen molar-refractivity contribution in [2.24, 2.45) is 7.05 Å². The normalized spacial score (nSPS) is 10.5. The molecule has 0 N–H and O–H groups in total. The Morgan fingerprint density at radius 1 is 1.12 bits per heavy atom. The van der Waals surface area contributed by atoms with Crippen molar-refractivity contribution >= 4 is 15.9 Å². The summed E-state index contributed by atoms with van der Waals surface area (Å²) in [4.78, 5) is 12.0. The minimum absolute atomic E-state index is 0.0555. The molecule has 0 bridgehead atoms. The molecule has 2 rings (SSSR count). The topological polar surface area (TPSA) is 22.0 Å². The molecule has 0 unspecified atom stereocenters. The van der Waals surface area contributed by atoms with Crippen molar-refractivity contribution < 1.29 is 0 Å². The van der Waals surface area contributed by atoms with E-state index in [4.69, 9.17) is 0 Å². The number of rotatable bonds is 2. The minimum Gasteiger partial charge on any atom is -0.311 e. The van der Waals surface area contributed by atoms with E-state index >= 15 is 0 Å². The molecular formula is C14H14BrNO. The molecule has 1 aromatic carbocycles. The van der Waals surface area contributed by atoms with Crippen molar-refractivity contribution in [2.45, 2.75) is 12.3 Å². The summed E-state index contributed by atoms with van der Waals surface area (Å²) < 4.78 is 1.70. The summed E-state index contributed by atoms with van der Waals surface area (Å²) in [5.41, 5.74) is 4.06. The number of alkyl halides is 1. The van der Waals surface area contributed by atoms with Gasteiger partial charge in [0.1, 0.15) is 0 Å². The Labute approximate surface area is 109 Å². The Morgan fingerprint density at radius 2 is 1.76 bits per heavy atom. The van der Waals surface area contributed by atoms with Gasteiger partial charge in [0.25, 0.3) is 5.56 Å². The smallest absolute Gasteiger partial charge is 0.254 e. The molecule has 0 atom stereocenters. The van der Waals surface area contributed by atoms with Gasteiger partial charge in [0.05, 0.1) is 5.69 Å².